The molecule has 0 aliphatic heterocycles. The molecule has 0 radical (unpaired) electrons. The number of carbonyl (C=O) groups excluding carboxylic acids is 1. The smallest absolute Gasteiger partial charge is 0.269 e. The topological polar surface area (TPSA) is 106 Å². The van der Waals surface area contributed by atoms with Crippen LogP contribution in [-0.4, -0.2) is 30.2 Å². The molecule has 0 atom stereocenters. The number of hydrazone groups is 1. The number of anilines is 1. The van der Waals surface area contributed by atoms with Gasteiger partial charge in [0.2, 0.25) is 0 Å². The fraction of sp³-hybridized carbons (Fsp3) is 0.176. The van der Waals surface area contributed by atoms with E-state index in [-0.39, 0.29) is 18.1 Å². The summed E-state index contributed by atoms with van der Waals surface area (Å²) in [6, 6.07) is 13.1. The number of amides is 1. The molecule has 0 aliphatic carbocycles. The molecule has 130 valence electrons. The van der Waals surface area contributed by atoms with Crippen molar-refractivity contribution in [1.82, 2.24) is 5.43 Å². The minimum Gasteiger partial charge on any atom is -0.494 e. The molecular formula is C17H18N4O4. The van der Waals surface area contributed by atoms with Gasteiger partial charge in [0, 0.05) is 17.8 Å². The third-order valence-corrected chi connectivity index (χ3v) is 3.13. The number of nitro groups is 1. The molecule has 2 aromatic rings. The molecule has 8 heteroatoms. The Balaban J connectivity index is 1.77. The highest BCUT2D eigenvalue weighted by molar-refractivity contribution is 5.84. The number of nitro benzene ring substituents is 1. The van der Waals surface area contributed by atoms with Crippen molar-refractivity contribution in [3.05, 3.63) is 64.2 Å². The predicted octanol–water partition coefficient (Wildman–Crippen LogP) is 2.56. The van der Waals surface area contributed by atoms with Crippen LogP contribution in [0, 0.1) is 10.1 Å². The van der Waals surface area contributed by atoms with Gasteiger partial charge in [0.15, 0.2) is 0 Å². The fourth-order valence-corrected chi connectivity index (χ4v) is 1.92. The van der Waals surface area contributed by atoms with E-state index in [0.29, 0.717) is 12.2 Å². The van der Waals surface area contributed by atoms with Gasteiger partial charge in [-0.25, -0.2) is 5.43 Å². The van der Waals surface area contributed by atoms with Crippen molar-refractivity contribution >= 4 is 23.5 Å². The van der Waals surface area contributed by atoms with Crippen molar-refractivity contribution in [1.29, 1.82) is 0 Å². The van der Waals surface area contributed by atoms with Gasteiger partial charge in [0.1, 0.15) is 5.75 Å². The highest BCUT2D eigenvalue weighted by atomic mass is 16.6. The summed E-state index contributed by atoms with van der Waals surface area (Å²) in [5, 5.41) is 17.3. The van der Waals surface area contributed by atoms with Crippen LogP contribution in [0.5, 0.6) is 5.75 Å². The molecule has 1 amide bonds. The highest BCUT2D eigenvalue weighted by Crippen LogP contribution is 2.15. The Kier molecular flexibility index (Phi) is 6.47. The summed E-state index contributed by atoms with van der Waals surface area (Å²) in [5.74, 6) is 0.456. The molecule has 2 N–H and O–H groups in total. The Morgan fingerprint density at radius 1 is 1.20 bits per heavy atom. The second-order valence-corrected chi connectivity index (χ2v) is 4.95. The number of nitrogens with zero attached hydrogens (tertiary/aromatic N) is 2. The lowest BCUT2D eigenvalue weighted by Gasteiger charge is -2.07. The summed E-state index contributed by atoms with van der Waals surface area (Å²) in [6.07, 6.45) is 1.42. The number of benzene rings is 2. The lowest BCUT2D eigenvalue weighted by molar-refractivity contribution is -0.384. The fourth-order valence-electron chi connectivity index (χ4n) is 1.92. The van der Waals surface area contributed by atoms with Gasteiger partial charge in [0.25, 0.3) is 11.6 Å². The zero-order valence-electron chi connectivity index (χ0n) is 13.6. The third kappa shape index (κ3) is 5.94. The van der Waals surface area contributed by atoms with E-state index in [2.05, 4.69) is 15.8 Å². The molecule has 0 fully saturated rings. The molecule has 0 bridgehead atoms. The molecular weight excluding hydrogens is 324 g/mol. The van der Waals surface area contributed by atoms with Crippen LogP contribution in [0.15, 0.2) is 53.6 Å². The predicted molar refractivity (Wildman–Crippen MR) is 94.9 cm³/mol. The van der Waals surface area contributed by atoms with Gasteiger partial charge in [-0.15, -0.1) is 0 Å². The summed E-state index contributed by atoms with van der Waals surface area (Å²) < 4.78 is 5.34. The Bertz CT molecular complexity index is 742. The number of non-ortho nitro benzene ring substituents is 1. The Morgan fingerprint density at radius 3 is 2.48 bits per heavy atom. The van der Waals surface area contributed by atoms with E-state index in [1.807, 2.05) is 31.2 Å². The quantitative estimate of drug-likeness (QED) is 0.436. The number of carbonyl (C=O) groups is 1. The van der Waals surface area contributed by atoms with Crippen molar-refractivity contribution in [2.75, 3.05) is 18.5 Å². The zero-order chi connectivity index (χ0) is 18.1. The van der Waals surface area contributed by atoms with Crippen molar-refractivity contribution < 1.29 is 14.5 Å². The van der Waals surface area contributed by atoms with Gasteiger partial charge in [0.05, 0.1) is 24.3 Å². The second kappa shape index (κ2) is 9.02. The SMILES string of the molecule is CCOc1ccc(NCC(=O)NN=Cc2ccc([N+](=O)[O-])cc2)cc1. The summed E-state index contributed by atoms with van der Waals surface area (Å²) in [6.45, 7) is 2.57. The molecule has 2 aromatic carbocycles. The maximum absolute atomic E-state index is 11.7. The Labute approximate surface area is 144 Å². The lowest BCUT2D eigenvalue weighted by atomic mass is 10.2. The van der Waals surface area contributed by atoms with Crippen LogP contribution >= 0.6 is 0 Å². The monoisotopic (exact) mass is 342 g/mol. The normalized spacial score (nSPS) is 10.4. The van der Waals surface area contributed by atoms with Crippen molar-refractivity contribution in [3.8, 4) is 5.75 Å². The number of nitrogens with one attached hydrogen (secondary N) is 2. The number of rotatable bonds is 8. The molecule has 0 aliphatic rings. The minimum absolute atomic E-state index is 0.000686. The summed E-state index contributed by atoms with van der Waals surface area (Å²) in [5.41, 5.74) is 3.81. The van der Waals surface area contributed by atoms with Crippen LogP contribution in [0.1, 0.15) is 12.5 Å². The molecule has 8 nitrogen and oxygen atoms in total. The number of hydrogen-bond donors (Lipinski definition) is 2. The summed E-state index contributed by atoms with van der Waals surface area (Å²) in [7, 11) is 0. The summed E-state index contributed by atoms with van der Waals surface area (Å²) in [4.78, 5) is 21.8. The van der Waals surface area contributed by atoms with Gasteiger partial charge in [-0.1, -0.05) is 0 Å². The molecule has 0 saturated heterocycles. The average Bonchev–Trinajstić information content (AvgIpc) is 2.62. The van der Waals surface area contributed by atoms with Crippen molar-refractivity contribution in [2.45, 2.75) is 6.92 Å². The van der Waals surface area contributed by atoms with Gasteiger partial charge in [-0.05, 0) is 48.9 Å². The van der Waals surface area contributed by atoms with Crippen LogP contribution in [0.2, 0.25) is 0 Å². The standard InChI is InChI=1S/C17H18N4O4/c1-2-25-16-9-5-14(6-10-16)18-12-17(22)20-19-11-13-3-7-15(8-4-13)21(23)24/h3-11,18H,2,12H2,1H3,(H,20,22). The van der Waals surface area contributed by atoms with E-state index in [9.17, 15) is 14.9 Å². The van der Waals surface area contributed by atoms with Crippen molar-refractivity contribution in [3.63, 3.8) is 0 Å². The van der Waals surface area contributed by atoms with Gasteiger partial charge < -0.3 is 10.1 Å². The molecule has 0 spiro atoms. The van der Waals surface area contributed by atoms with Gasteiger partial charge in [-0.3, -0.25) is 14.9 Å². The second-order valence-electron chi connectivity index (χ2n) is 4.95. The molecule has 25 heavy (non-hydrogen) atoms. The first kappa shape index (κ1) is 17.9. The highest BCUT2D eigenvalue weighted by Gasteiger charge is 2.03. The molecule has 0 unspecified atom stereocenters. The summed E-state index contributed by atoms with van der Waals surface area (Å²) >= 11 is 0. The first-order valence-corrected chi connectivity index (χ1v) is 7.61. The molecule has 2 rings (SSSR count). The maximum atomic E-state index is 11.7. The van der Waals surface area contributed by atoms with Gasteiger partial charge >= 0.3 is 0 Å². The van der Waals surface area contributed by atoms with Crippen LogP contribution in [0.25, 0.3) is 0 Å². The van der Waals surface area contributed by atoms with E-state index >= 15 is 0 Å². The van der Waals surface area contributed by atoms with Crippen LogP contribution in [-0.2, 0) is 4.79 Å². The van der Waals surface area contributed by atoms with Crippen molar-refractivity contribution in [2.24, 2.45) is 5.10 Å². The minimum atomic E-state index is -0.477. The zero-order valence-corrected chi connectivity index (χ0v) is 13.6. The van der Waals surface area contributed by atoms with E-state index in [1.165, 1.54) is 18.3 Å². The Morgan fingerprint density at radius 2 is 1.88 bits per heavy atom. The Hall–Kier alpha value is -3.42. The molecule has 0 saturated carbocycles. The maximum Gasteiger partial charge on any atom is 0.269 e. The number of hydrogen-bond acceptors (Lipinski definition) is 6. The van der Waals surface area contributed by atoms with E-state index in [4.69, 9.17) is 4.74 Å². The third-order valence-electron chi connectivity index (χ3n) is 3.13. The first-order valence-electron chi connectivity index (χ1n) is 7.61. The van der Waals surface area contributed by atoms with E-state index < -0.39 is 4.92 Å². The molecule has 0 aromatic heterocycles. The lowest BCUT2D eigenvalue weighted by Crippen LogP contribution is -2.25. The van der Waals surface area contributed by atoms with E-state index in [0.717, 1.165) is 11.4 Å². The van der Waals surface area contributed by atoms with Gasteiger partial charge in [-0.2, -0.15) is 5.10 Å². The van der Waals surface area contributed by atoms with E-state index in [1.54, 1.807) is 12.1 Å². The first-order chi connectivity index (χ1) is 12.1. The number of ether oxygens (including phenoxy) is 1. The molecule has 0 heterocycles. The van der Waals surface area contributed by atoms with Crippen LogP contribution in [0.3, 0.4) is 0 Å². The average molecular weight is 342 g/mol. The largest absolute Gasteiger partial charge is 0.494 e. The van der Waals surface area contributed by atoms with Crippen LogP contribution < -0.4 is 15.5 Å². The van der Waals surface area contributed by atoms with Crippen LogP contribution in [0.4, 0.5) is 11.4 Å².